The molecule has 5 nitrogen and oxygen atoms in total. The average Bonchev–Trinajstić information content (AvgIpc) is 2.88. The Balaban J connectivity index is 1.72. The number of methoxy groups -OCH3 is 2. The van der Waals surface area contributed by atoms with Crippen LogP contribution in [0, 0.1) is 6.92 Å². The number of nitrogens with zero attached hydrogens (tertiary/aromatic N) is 1. The maximum Gasteiger partial charge on any atom is 0.251 e. The Hall–Kier alpha value is -3.31. The molecule has 0 saturated carbocycles. The Morgan fingerprint density at radius 1 is 1.03 bits per heavy atom. The van der Waals surface area contributed by atoms with E-state index < -0.39 is 0 Å². The molecule has 2 atom stereocenters. The predicted molar refractivity (Wildman–Crippen MR) is 136 cm³/mol. The smallest absolute Gasteiger partial charge is 0.251 e. The van der Waals surface area contributed by atoms with Crippen molar-refractivity contribution in [3.63, 3.8) is 0 Å². The molecular weight excluding hydrogens is 424 g/mol. The fourth-order valence-corrected chi connectivity index (χ4v) is 4.85. The van der Waals surface area contributed by atoms with Crippen molar-refractivity contribution in [1.82, 2.24) is 10.2 Å². The van der Waals surface area contributed by atoms with Gasteiger partial charge in [0.05, 0.1) is 20.3 Å². The van der Waals surface area contributed by atoms with Crippen LogP contribution in [0.15, 0.2) is 66.7 Å². The molecule has 0 unspecified atom stereocenters. The van der Waals surface area contributed by atoms with Gasteiger partial charge < -0.3 is 14.8 Å². The third kappa shape index (κ3) is 5.10. The summed E-state index contributed by atoms with van der Waals surface area (Å²) in [5, 5.41) is 3.33. The summed E-state index contributed by atoms with van der Waals surface area (Å²) >= 11 is 0. The molecular formula is C29H34N2O3. The first-order valence-electron chi connectivity index (χ1n) is 11.9. The monoisotopic (exact) mass is 458 g/mol. The molecule has 3 aromatic rings. The lowest BCUT2D eigenvalue weighted by atomic mass is 9.86. The van der Waals surface area contributed by atoms with Crippen LogP contribution < -0.4 is 14.8 Å². The maximum atomic E-state index is 13.1. The van der Waals surface area contributed by atoms with Crippen molar-refractivity contribution >= 4 is 5.91 Å². The van der Waals surface area contributed by atoms with E-state index >= 15 is 0 Å². The lowest BCUT2D eigenvalue weighted by Gasteiger charge is -2.42. The summed E-state index contributed by atoms with van der Waals surface area (Å²) in [4.78, 5) is 15.6. The van der Waals surface area contributed by atoms with Gasteiger partial charge in [-0.05, 0) is 60.7 Å². The molecule has 0 bridgehead atoms. The average molecular weight is 459 g/mol. The minimum Gasteiger partial charge on any atom is -0.493 e. The zero-order valence-electron chi connectivity index (χ0n) is 20.5. The van der Waals surface area contributed by atoms with Crippen molar-refractivity contribution < 1.29 is 14.3 Å². The van der Waals surface area contributed by atoms with Crippen molar-refractivity contribution in [1.29, 1.82) is 0 Å². The first-order valence-corrected chi connectivity index (χ1v) is 11.9. The molecule has 1 aliphatic heterocycles. The largest absolute Gasteiger partial charge is 0.493 e. The van der Waals surface area contributed by atoms with Gasteiger partial charge in [-0.3, -0.25) is 9.69 Å². The van der Waals surface area contributed by atoms with E-state index in [1.54, 1.807) is 14.2 Å². The summed E-state index contributed by atoms with van der Waals surface area (Å²) in [5.41, 5.74) is 5.63. The van der Waals surface area contributed by atoms with Crippen LogP contribution in [0.3, 0.4) is 0 Å². The summed E-state index contributed by atoms with van der Waals surface area (Å²) in [6, 6.07) is 22.3. The summed E-state index contributed by atoms with van der Waals surface area (Å²) in [6.45, 7) is 5.96. The van der Waals surface area contributed by atoms with Gasteiger partial charge in [-0.2, -0.15) is 0 Å². The van der Waals surface area contributed by atoms with Crippen LogP contribution in [0.5, 0.6) is 11.5 Å². The van der Waals surface area contributed by atoms with E-state index in [-0.39, 0.29) is 18.0 Å². The molecule has 34 heavy (non-hydrogen) atoms. The van der Waals surface area contributed by atoms with Crippen LogP contribution in [0.2, 0.25) is 0 Å². The van der Waals surface area contributed by atoms with Gasteiger partial charge in [0.2, 0.25) is 0 Å². The zero-order chi connectivity index (χ0) is 24.1. The highest BCUT2D eigenvalue weighted by atomic mass is 16.5. The van der Waals surface area contributed by atoms with E-state index in [1.165, 1.54) is 22.3 Å². The van der Waals surface area contributed by atoms with E-state index in [4.69, 9.17) is 9.47 Å². The Labute approximate surface area is 202 Å². The number of hydrogen-bond acceptors (Lipinski definition) is 4. The number of carbonyl (C=O) groups excluding carboxylic acids is 1. The molecule has 4 rings (SSSR count). The van der Waals surface area contributed by atoms with Gasteiger partial charge in [0, 0.05) is 24.7 Å². The summed E-state index contributed by atoms with van der Waals surface area (Å²) in [6.07, 6.45) is 1.72. The highest BCUT2D eigenvalue weighted by molar-refractivity contribution is 5.94. The highest BCUT2D eigenvalue weighted by Gasteiger charge is 2.35. The Bertz CT molecular complexity index is 1110. The number of hydrogen-bond donors (Lipinski definition) is 1. The van der Waals surface area contributed by atoms with Gasteiger partial charge in [0.1, 0.15) is 0 Å². The second-order valence-corrected chi connectivity index (χ2v) is 8.91. The SMILES string of the molecule is CC[C@@H](NC(=O)c1ccccc1)[C@@H]1c2cc(OC)c(OC)cc2CCN1Cc1ccc(C)cc1. The third-order valence-corrected chi connectivity index (χ3v) is 6.71. The van der Waals surface area contributed by atoms with Gasteiger partial charge in [-0.1, -0.05) is 55.0 Å². The summed E-state index contributed by atoms with van der Waals surface area (Å²) < 4.78 is 11.2. The van der Waals surface area contributed by atoms with Gasteiger partial charge in [0.15, 0.2) is 11.5 Å². The molecule has 0 spiro atoms. The molecule has 0 fully saturated rings. The fourth-order valence-electron chi connectivity index (χ4n) is 4.85. The number of carbonyl (C=O) groups is 1. The number of benzene rings is 3. The van der Waals surface area contributed by atoms with E-state index in [9.17, 15) is 4.79 Å². The van der Waals surface area contributed by atoms with Gasteiger partial charge in [-0.25, -0.2) is 0 Å². The van der Waals surface area contributed by atoms with Gasteiger partial charge in [-0.15, -0.1) is 0 Å². The Morgan fingerprint density at radius 3 is 2.35 bits per heavy atom. The van der Waals surface area contributed by atoms with Crippen molar-refractivity contribution in [2.45, 2.75) is 45.3 Å². The van der Waals surface area contributed by atoms with Crippen LogP contribution in [-0.2, 0) is 13.0 Å². The van der Waals surface area contributed by atoms with Crippen LogP contribution in [0.4, 0.5) is 0 Å². The molecule has 0 aliphatic carbocycles. The summed E-state index contributed by atoms with van der Waals surface area (Å²) in [7, 11) is 3.34. The molecule has 5 heteroatoms. The minimum absolute atomic E-state index is 0.0162. The quantitative estimate of drug-likeness (QED) is 0.496. The first-order chi connectivity index (χ1) is 16.5. The van der Waals surface area contributed by atoms with Crippen LogP contribution >= 0.6 is 0 Å². The molecule has 3 aromatic carbocycles. The number of rotatable bonds is 8. The van der Waals surface area contributed by atoms with Gasteiger partial charge >= 0.3 is 0 Å². The lowest BCUT2D eigenvalue weighted by molar-refractivity contribution is 0.0859. The van der Waals surface area contributed by atoms with E-state index in [0.717, 1.165) is 31.7 Å². The Morgan fingerprint density at radius 2 is 1.71 bits per heavy atom. The molecule has 1 heterocycles. The molecule has 0 radical (unpaired) electrons. The van der Waals surface area contributed by atoms with E-state index in [1.807, 2.05) is 30.3 Å². The standard InChI is InChI=1S/C29H34N2O3/c1-5-25(30-29(32)22-9-7-6-8-10-22)28-24-18-27(34-4)26(33-3)17-23(24)15-16-31(28)19-21-13-11-20(2)12-14-21/h6-14,17-18,25,28H,5,15-16,19H2,1-4H3,(H,30,32)/t25-,28+/m1/s1. The fraction of sp³-hybridized carbons (Fsp3) is 0.345. The maximum absolute atomic E-state index is 13.1. The minimum atomic E-state index is -0.0599. The highest BCUT2D eigenvalue weighted by Crippen LogP contribution is 2.40. The molecule has 1 amide bonds. The van der Waals surface area contributed by atoms with E-state index in [0.29, 0.717) is 11.3 Å². The van der Waals surface area contributed by atoms with Crippen molar-refractivity contribution in [2.75, 3.05) is 20.8 Å². The first kappa shape index (κ1) is 23.8. The molecule has 178 valence electrons. The topological polar surface area (TPSA) is 50.8 Å². The number of fused-ring (bicyclic) bond motifs is 1. The number of aryl methyl sites for hydroxylation is 1. The molecule has 0 saturated heterocycles. The second kappa shape index (κ2) is 10.7. The van der Waals surface area contributed by atoms with Crippen LogP contribution in [0.1, 0.15) is 52.0 Å². The predicted octanol–water partition coefficient (Wildman–Crippen LogP) is 5.32. The number of ether oxygens (including phenoxy) is 2. The Kier molecular flexibility index (Phi) is 7.53. The van der Waals surface area contributed by atoms with Crippen molar-refractivity contribution in [2.24, 2.45) is 0 Å². The van der Waals surface area contributed by atoms with E-state index in [2.05, 4.69) is 60.5 Å². The zero-order valence-corrected chi connectivity index (χ0v) is 20.5. The lowest BCUT2D eigenvalue weighted by Crippen LogP contribution is -2.48. The second-order valence-electron chi connectivity index (χ2n) is 8.91. The van der Waals surface area contributed by atoms with Gasteiger partial charge in [0.25, 0.3) is 5.91 Å². The van der Waals surface area contributed by atoms with Crippen LogP contribution in [-0.4, -0.2) is 37.6 Å². The molecule has 0 aromatic heterocycles. The van der Waals surface area contributed by atoms with Crippen molar-refractivity contribution in [3.8, 4) is 11.5 Å². The molecule has 1 N–H and O–H groups in total. The normalized spacial score (nSPS) is 16.4. The number of nitrogens with one attached hydrogen (secondary N) is 1. The molecule has 1 aliphatic rings. The van der Waals surface area contributed by atoms with Crippen molar-refractivity contribution in [3.05, 3.63) is 94.5 Å². The number of amides is 1. The van der Waals surface area contributed by atoms with Crippen LogP contribution in [0.25, 0.3) is 0 Å². The summed E-state index contributed by atoms with van der Waals surface area (Å²) in [5.74, 6) is 1.41. The third-order valence-electron chi connectivity index (χ3n) is 6.71.